The first-order valence-corrected chi connectivity index (χ1v) is 13.9. The molecule has 0 bridgehead atoms. The van der Waals surface area contributed by atoms with Gasteiger partial charge in [0, 0.05) is 13.0 Å². The van der Waals surface area contributed by atoms with Crippen LogP contribution in [0.2, 0.25) is 0 Å². The fourth-order valence-corrected chi connectivity index (χ4v) is 4.80. The van der Waals surface area contributed by atoms with E-state index in [-0.39, 0.29) is 31.1 Å². The molecular weight excluding hydrogens is 542 g/mol. The summed E-state index contributed by atoms with van der Waals surface area (Å²) in [5, 5.41) is 26.8. The molecule has 0 unspecified atom stereocenters. The molecule has 12 nitrogen and oxygen atoms in total. The Kier molecular flexibility index (Phi) is 11.4. The number of aromatic hydroxyl groups is 1. The molecule has 226 valence electrons. The Morgan fingerprint density at radius 3 is 2.19 bits per heavy atom. The summed E-state index contributed by atoms with van der Waals surface area (Å²) < 4.78 is 0. The zero-order valence-electron chi connectivity index (χ0n) is 23.8. The SMILES string of the molecule is CC(C)[C@@H](NC(=O)[C@@H]1CCCN1C(=O)CNC(=O)[C@H](Cc1ccc(O)cc1)NC(=O)[C@H](N)Cc1ccccc1)C(=O)O. The van der Waals surface area contributed by atoms with Crippen LogP contribution >= 0.6 is 0 Å². The van der Waals surface area contributed by atoms with Gasteiger partial charge in [0.2, 0.25) is 23.6 Å². The number of phenolic OH excluding ortho intramolecular Hbond substituents is 1. The lowest BCUT2D eigenvalue weighted by molar-refractivity contribution is -0.145. The molecule has 0 radical (unpaired) electrons. The Hall–Kier alpha value is -4.45. The van der Waals surface area contributed by atoms with Crippen molar-refractivity contribution < 1.29 is 34.2 Å². The highest BCUT2D eigenvalue weighted by Gasteiger charge is 2.36. The summed E-state index contributed by atoms with van der Waals surface area (Å²) in [6.45, 7) is 3.21. The molecule has 0 spiro atoms. The van der Waals surface area contributed by atoms with Gasteiger partial charge in [-0.05, 0) is 48.4 Å². The molecule has 1 fully saturated rings. The van der Waals surface area contributed by atoms with Gasteiger partial charge in [-0.1, -0.05) is 56.3 Å². The number of nitrogens with two attached hydrogens (primary N) is 1. The number of phenols is 1. The first-order chi connectivity index (χ1) is 20.0. The number of carbonyl (C=O) groups is 5. The Bertz CT molecular complexity index is 1250. The number of nitrogens with one attached hydrogen (secondary N) is 3. The monoisotopic (exact) mass is 581 g/mol. The predicted molar refractivity (Wildman–Crippen MR) is 154 cm³/mol. The van der Waals surface area contributed by atoms with Crippen LogP contribution in [-0.2, 0) is 36.8 Å². The molecule has 1 heterocycles. The van der Waals surface area contributed by atoms with Crippen molar-refractivity contribution in [2.24, 2.45) is 11.7 Å². The summed E-state index contributed by atoms with van der Waals surface area (Å²) in [6.07, 6.45) is 1.26. The van der Waals surface area contributed by atoms with Gasteiger partial charge in [-0.25, -0.2) is 4.79 Å². The van der Waals surface area contributed by atoms with Crippen LogP contribution in [0.1, 0.15) is 37.8 Å². The minimum Gasteiger partial charge on any atom is -0.508 e. The Labute approximate surface area is 244 Å². The molecule has 2 aromatic carbocycles. The molecular formula is C30H39N5O7. The number of carbonyl (C=O) groups excluding carboxylic acids is 4. The van der Waals surface area contributed by atoms with E-state index in [1.807, 2.05) is 30.3 Å². The summed E-state index contributed by atoms with van der Waals surface area (Å²) in [4.78, 5) is 64.9. The Morgan fingerprint density at radius 1 is 0.929 bits per heavy atom. The zero-order chi connectivity index (χ0) is 30.8. The van der Waals surface area contributed by atoms with Crippen molar-refractivity contribution in [2.45, 2.75) is 63.7 Å². The molecule has 4 amide bonds. The average Bonchev–Trinajstić information content (AvgIpc) is 3.45. The molecule has 4 atom stereocenters. The second-order valence-electron chi connectivity index (χ2n) is 10.8. The van der Waals surface area contributed by atoms with E-state index >= 15 is 0 Å². The molecule has 0 aromatic heterocycles. The fourth-order valence-electron chi connectivity index (χ4n) is 4.80. The number of likely N-dealkylation sites (tertiary alicyclic amines) is 1. The van der Waals surface area contributed by atoms with Crippen LogP contribution in [0, 0.1) is 5.92 Å². The topological polar surface area (TPSA) is 191 Å². The van der Waals surface area contributed by atoms with Crippen LogP contribution in [0.15, 0.2) is 54.6 Å². The van der Waals surface area contributed by atoms with Gasteiger partial charge >= 0.3 is 5.97 Å². The number of rotatable bonds is 13. The van der Waals surface area contributed by atoms with Crippen LogP contribution in [-0.4, -0.2) is 82.0 Å². The van der Waals surface area contributed by atoms with Crippen molar-refractivity contribution >= 4 is 29.6 Å². The van der Waals surface area contributed by atoms with E-state index < -0.39 is 60.3 Å². The van der Waals surface area contributed by atoms with Gasteiger partial charge in [-0.15, -0.1) is 0 Å². The van der Waals surface area contributed by atoms with Crippen molar-refractivity contribution in [3.05, 3.63) is 65.7 Å². The third kappa shape index (κ3) is 9.03. The molecule has 1 saturated heterocycles. The Morgan fingerprint density at radius 2 is 1.57 bits per heavy atom. The molecule has 12 heteroatoms. The van der Waals surface area contributed by atoms with Crippen LogP contribution in [0.4, 0.5) is 0 Å². The highest BCUT2D eigenvalue weighted by Crippen LogP contribution is 2.18. The zero-order valence-corrected chi connectivity index (χ0v) is 23.8. The van der Waals surface area contributed by atoms with Crippen LogP contribution in [0.3, 0.4) is 0 Å². The van der Waals surface area contributed by atoms with E-state index in [1.54, 1.807) is 26.0 Å². The van der Waals surface area contributed by atoms with Crippen molar-refractivity contribution in [1.82, 2.24) is 20.9 Å². The Balaban J connectivity index is 1.65. The third-order valence-corrected chi connectivity index (χ3v) is 7.16. The number of benzene rings is 2. The number of hydrogen-bond donors (Lipinski definition) is 6. The third-order valence-electron chi connectivity index (χ3n) is 7.16. The first kappa shape index (κ1) is 32.1. The maximum absolute atomic E-state index is 13.2. The fraction of sp³-hybridized carbons (Fsp3) is 0.433. The van der Waals surface area contributed by atoms with Gasteiger partial charge in [0.15, 0.2) is 0 Å². The second kappa shape index (κ2) is 15.0. The van der Waals surface area contributed by atoms with E-state index in [4.69, 9.17) is 5.73 Å². The minimum absolute atomic E-state index is 0.0477. The standard InChI is InChI=1S/C30H39N5O7/c1-18(2)26(30(41)42)34-29(40)24-9-6-14-35(24)25(37)17-32-28(39)23(16-20-10-12-21(36)13-11-20)33-27(38)22(31)15-19-7-4-3-5-8-19/h3-5,7-8,10-13,18,22-24,26,36H,6,9,14-17,31H2,1-2H3,(H,32,39)(H,33,38)(H,34,40)(H,41,42)/t22-,23+,24+,26-/m1/s1. The molecule has 1 aliphatic heterocycles. The maximum Gasteiger partial charge on any atom is 0.326 e. The van der Waals surface area contributed by atoms with E-state index in [9.17, 15) is 34.2 Å². The number of carboxylic acids is 1. The van der Waals surface area contributed by atoms with Crippen molar-refractivity contribution in [2.75, 3.05) is 13.1 Å². The number of aliphatic carboxylic acids is 1. The quantitative estimate of drug-likeness (QED) is 0.195. The number of hydrogen-bond acceptors (Lipinski definition) is 7. The summed E-state index contributed by atoms with van der Waals surface area (Å²) in [7, 11) is 0. The molecule has 0 saturated carbocycles. The lowest BCUT2D eigenvalue weighted by atomic mass is 10.0. The van der Waals surface area contributed by atoms with Gasteiger partial charge < -0.3 is 36.8 Å². The molecule has 2 aromatic rings. The largest absolute Gasteiger partial charge is 0.508 e. The lowest BCUT2D eigenvalue weighted by Crippen LogP contribution is -2.55. The van der Waals surface area contributed by atoms with Gasteiger partial charge in [0.1, 0.15) is 23.9 Å². The van der Waals surface area contributed by atoms with Crippen molar-refractivity contribution in [3.8, 4) is 5.75 Å². The van der Waals surface area contributed by atoms with E-state index in [1.165, 1.54) is 17.0 Å². The van der Waals surface area contributed by atoms with Crippen LogP contribution in [0.25, 0.3) is 0 Å². The number of carboxylic acid groups (broad SMARTS) is 1. The summed E-state index contributed by atoms with van der Waals surface area (Å²) in [5.74, 6) is -3.69. The minimum atomic E-state index is -1.16. The normalized spacial score (nSPS) is 16.8. The van der Waals surface area contributed by atoms with Crippen molar-refractivity contribution in [1.29, 1.82) is 0 Å². The van der Waals surface area contributed by atoms with Crippen LogP contribution in [0.5, 0.6) is 5.75 Å². The molecule has 42 heavy (non-hydrogen) atoms. The highest BCUT2D eigenvalue weighted by atomic mass is 16.4. The maximum atomic E-state index is 13.2. The summed E-state index contributed by atoms with van der Waals surface area (Å²) in [5.41, 5.74) is 7.64. The van der Waals surface area contributed by atoms with Gasteiger partial charge in [0.05, 0.1) is 12.6 Å². The summed E-state index contributed by atoms with van der Waals surface area (Å²) in [6, 6.07) is 11.4. The molecule has 0 aliphatic carbocycles. The number of nitrogens with zero attached hydrogens (tertiary/aromatic N) is 1. The molecule has 3 rings (SSSR count). The van der Waals surface area contributed by atoms with Gasteiger partial charge in [-0.2, -0.15) is 0 Å². The average molecular weight is 582 g/mol. The first-order valence-electron chi connectivity index (χ1n) is 13.9. The van der Waals surface area contributed by atoms with Crippen molar-refractivity contribution in [3.63, 3.8) is 0 Å². The number of amides is 4. The second-order valence-corrected chi connectivity index (χ2v) is 10.8. The summed E-state index contributed by atoms with van der Waals surface area (Å²) >= 11 is 0. The lowest BCUT2D eigenvalue weighted by Gasteiger charge is -2.27. The van der Waals surface area contributed by atoms with Crippen LogP contribution < -0.4 is 21.7 Å². The van der Waals surface area contributed by atoms with Gasteiger partial charge in [0.25, 0.3) is 0 Å². The molecule has 7 N–H and O–H groups in total. The smallest absolute Gasteiger partial charge is 0.326 e. The van der Waals surface area contributed by atoms with E-state index in [0.29, 0.717) is 18.4 Å². The predicted octanol–water partition coefficient (Wildman–Crippen LogP) is 0.322. The molecule has 1 aliphatic rings. The van der Waals surface area contributed by atoms with E-state index in [2.05, 4.69) is 16.0 Å². The van der Waals surface area contributed by atoms with E-state index in [0.717, 1.165) is 5.56 Å². The van der Waals surface area contributed by atoms with Gasteiger partial charge in [-0.3, -0.25) is 19.2 Å². The highest BCUT2D eigenvalue weighted by molar-refractivity contribution is 5.94.